The summed E-state index contributed by atoms with van der Waals surface area (Å²) in [4.78, 5) is 10.4. The van der Waals surface area contributed by atoms with Gasteiger partial charge in [-0.15, -0.1) is 0 Å². The fourth-order valence-electron chi connectivity index (χ4n) is 2.20. The number of hydrogen-bond donors (Lipinski definition) is 0. The monoisotopic (exact) mass is 416 g/mol. The summed E-state index contributed by atoms with van der Waals surface area (Å²) in [5.74, 6) is -2.21. The highest BCUT2D eigenvalue weighted by Crippen LogP contribution is 2.16. The highest BCUT2D eigenvalue weighted by Gasteiger charge is 2.40. The van der Waals surface area contributed by atoms with E-state index >= 15 is 0 Å². The van der Waals surface area contributed by atoms with Crippen LogP contribution >= 0.6 is 0 Å². The molecule has 0 aromatic rings. The Balaban J connectivity index is 3.10. The van der Waals surface area contributed by atoms with Crippen molar-refractivity contribution >= 4 is 5.97 Å². The molecule has 0 aliphatic carbocycles. The molecule has 0 amide bonds. The van der Waals surface area contributed by atoms with Crippen LogP contribution < -0.4 is 0 Å². The van der Waals surface area contributed by atoms with Gasteiger partial charge in [-0.3, -0.25) is 0 Å². The van der Waals surface area contributed by atoms with E-state index in [0.29, 0.717) is 26.4 Å². The maximum Gasteiger partial charge on any atom is 0.490 e. The van der Waals surface area contributed by atoms with Gasteiger partial charge in [-0.25, -0.2) is 4.79 Å². The van der Waals surface area contributed by atoms with Crippen LogP contribution in [0.5, 0.6) is 0 Å². The Morgan fingerprint density at radius 2 is 1.00 bits per heavy atom. The highest BCUT2D eigenvalue weighted by atomic mass is 19.4. The molecule has 0 saturated carbocycles. The molecule has 0 spiro atoms. The van der Waals surface area contributed by atoms with E-state index in [0.717, 1.165) is 13.0 Å². The molecular weight excluding hydrogens is 381 g/mol. The summed E-state index contributed by atoms with van der Waals surface area (Å²) in [6.45, 7) is 4.82. The maximum absolute atomic E-state index is 11.8. The number of carbonyl (C=O) groups excluding carboxylic acids is 1. The first-order valence-electron chi connectivity index (χ1n) is 10.0. The molecule has 0 unspecified atom stereocenters. The van der Waals surface area contributed by atoms with Crippen molar-refractivity contribution in [3.05, 3.63) is 0 Å². The number of halogens is 3. The first-order chi connectivity index (χ1) is 13.5. The summed E-state index contributed by atoms with van der Waals surface area (Å²) in [6.07, 6.45) is 3.85. The van der Waals surface area contributed by atoms with Crippen molar-refractivity contribution in [1.29, 1.82) is 0 Å². The Bertz CT molecular complexity index is 353. The van der Waals surface area contributed by atoms with E-state index in [2.05, 4.69) is 11.7 Å². The van der Waals surface area contributed by atoms with Crippen LogP contribution in [0.15, 0.2) is 0 Å². The van der Waals surface area contributed by atoms with Crippen molar-refractivity contribution in [1.82, 2.24) is 0 Å². The van der Waals surface area contributed by atoms with Gasteiger partial charge in [-0.1, -0.05) is 45.4 Å². The highest BCUT2D eigenvalue weighted by molar-refractivity contribution is 5.75. The van der Waals surface area contributed by atoms with Crippen molar-refractivity contribution in [2.45, 2.75) is 58.0 Å². The van der Waals surface area contributed by atoms with E-state index in [4.69, 9.17) is 18.9 Å². The lowest BCUT2D eigenvalue weighted by Gasteiger charge is -2.08. The smallest absolute Gasteiger partial charge is 0.457 e. The topological polar surface area (TPSA) is 63.2 Å². The zero-order chi connectivity index (χ0) is 20.9. The molecule has 0 aliphatic heterocycles. The number of alkyl halides is 3. The van der Waals surface area contributed by atoms with E-state index in [1.807, 2.05) is 0 Å². The Labute approximate surface area is 166 Å². The molecule has 0 aliphatic rings. The molecule has 0 N–H and O–H groups in total. The fraction of sp³-hybridized carbons (Fsp3) is 0.947. The molecule has 168 valence electrons. The van der Waals surface area contributed by atoms with E-state index in [-0.39, 0.29) is 19.8 Å². The van der Waals surface area contributed by atoms with Crippen LogP contribution in [0, 0.1) is 0 Å². The number of hydrogen-bond acceptors (Lipinski definition) is 6. The van der Waals surface area contributed by atoms with Crippen LogP contribution in [0.2, 0.25) is 0 Å². The van der Waals surface area contributed by atoms with Crippen LogP contribution in [0.25, 0.3) is 0 Å². The largest absolute Gasteiger partial charge is 0.490 e. The summed E-state index contributed by atoms with van der Waals surface area (Å²) in [5, 5.41) is 0. The zero-order valence-corrected chi connectivity index (χ0v) is 16.9. The average Bonchev–Trinajstić information content (AvgIpc) is 2.65. The second-order valence-corrected chi connectivity index (χ2v) is 6.20. The van der Waals surface area contributed by atoms with E-state index in [1.165, 1.54) is 38.5 Å². The fourth-order valence-corrected chi connectivity index (χ4v) is 2.20. The Morgan fingerprint density at radius 1 is 0.607 bits per heavy atom. The lowest BCUT2D eigenvalue weighted by atomic mass is 10.1. The molecule has 0 aromatic heterocycles. The summed E-state index contributed by atoms with van der Waals surface area (Å²) in [6, 6.07) is 0. The lowest BCUT2D eigenvalue weighted by molar-refractivity contribution is -0.200. The molecule has 0 saturated heterocycles. The Morgan fingerprint density at radius 3 is 1.46 bits per heavy atom. The molecule has 0 fully saturated rings. The number of esters is 1. The number of rotatable bonds is 20. The summed E-state index contributed by atoms with van der Waals surface area (Å²) < 4.78 is 60.6. The third kappa shape index (κ3) is 19.9. The molecular formula is C19H35F3O6. The van der Waals surface area contributed by atoms with Crippen LogP contribution in [-0.4, -0.2) is 71.6 Å². The van der Waals surface area contributed by atoms with Gasteiger partial charge in [0.1, 0.15) is 6.61 Å². The second-order valence-electron chi connectivity index (χ2n) is 6.20. The molecule has 0 radical (unpaired) electrons. The van der Waals surface area contributed by atoms with Crippen molar-refractivity contribution in [2.75, 3.05) is 59.5 Å². The van der Waals surface area contributed by atoms with Gasteiger partial charge in [0.25, 0.3) is 0 Å². The van der Waals surface area contributed by atoms with E-state index in [1.54, 1.807) is 0 Å². The average molecular weight is 416 g/mol. The van der Waals surface area contributed by atoms with Crippen LogP contribution in [-0.2, 0) is 28.5 Å². The minimum Gasteiger partial charge on any atom is -0.457 e. The van der Waals surface area contributed by atoms with E-state index < -0.39 is 18.8 Å². The minimum atomic E-state index is -4.97. The zero-order valence-electron chi connectivity index (χ0n) is 16.9. The van der Waals surface area contributed by atoms with Gasteiger partial charge in [0.15, 0.2) is 0 Å². The normalized spacial score (nSPS) is 11.7. The molecule has 0 atom stereocenters. The Hall–Kier alpha value is -0.900. The molecule has 6 nitrogen and oxygen atoms in total. The standard InChI is InChI=1S/C19H35F3O6/c1-2-3-4-5-6-7-8-9-24-10-11-25-12-13-26-14-15-27-16-17-28-18(23)19(20,21)22/h2-17H2,1H3. The van der Waals surface area contributed by atoms with Gasteiger partial charge in [-0.05, 0) is 6.42 Å². The molecule has 9 heteroatoms. The predicted octanol–water partition coefficient (Wildman–Crippen LogP) is 3.91. The molecule has 0 heterocycles. The molecule has 0 aromatic carbocycles. The van der Waals surface area contributed by atoms with Gasteiger partial charge < -0.3 is 23.7 Å². The van der Waals surface area contributed by atoms with Gasteiger partial charge >= 0.3 is 12.1 Å². The van der Waals surface area contributed by atoms with Crippen molar-refractivity contribution in [2.24, 2.45) is 0 Å². The molecule has 28 heavy (non-hydrogen) atoms. The predicted molar refractivity (Wildman–Crippen MR) is 98.3 cm³/mol. The summed E-state index contributed by atoms with van der Waals surface area (Å²) >= 11 is 0. The quantitative estimate of drug-likeness (QED) is 0.222. The van der Waals surface area contributed by atoms with Crippen LogP contribution in [0.1, 0.15) is 51.9 Å². The van der Waals surface area contributed by atoms with Gasteiger partial charge in [0.05, 0.1) is 46.2 Å². The first kappa shape index (κ1) is 27.1. The van der Waals surface area contributed by atoms with E-state index in [9.17, 15) is 18.0 Å². The van der Waals surface area contributed by atoms with Gasteiger partial charge in [0, 0.05) is 6.61 Å². The van der Waals surface area contributed by atoms with Crippen molar-refractivity contribution < 1.29 is 41.7 Å². The Kier molecular flexibility index (Phi) is 18.8. The first-order valence-corrected chi connectivity index (χ1v) is 10.0. The van der Waals surface area contributed by atoms with Gasteiger partial charge in [-0.2, -0.15) is 13.2 Å². The second kappa shape index (κ2) is 19.4. The SMILES string of the molecule is CCCCCCCCCOCCOCCOCCOCCOC(=O)C(F)(F)F. The minimum absolute atomic E-state index is 0.113. The molecule has 0 bridgehead atoms. The van der Waals surface area contributed by atoms with Crippen molar-refractivity contribution in [3.8, 4) is 0 Å². The lowest BCUT2D eigenvalue weighted by Crippen LogP contribution is -2.26. The maximum atomic E-state index is 11.8. The number of carbonyl (C=O) groups is 1. The third-order valence-corrected chi connectivity index (χ3v) is 3.70. The van der Waals surface area contributed by atoms with Crippen molar-refractivity contribution in [3.63, 3.8) is 0 Å². The number of ether oxygens (including phenoxy) is 5. The summed E-state index contributed by atoms with van der Waals surface area (Å²) in [7, 11) is 0. The third-order valence-electron chi connectivity index (χ3n) is 3.70. The van der Waals surface area contributed by atoms with Crippen LogP contribution in [0.3, 0.4) is 0 Å². The summed E-state index contributed by atoms with van der Waals surface area (Å²) in [5.41, 5.74) is 0. The van der Waals surface area contributed by atoms with Crippen LogP contribution in [0.4, 0.5) is 13.2 Å². The van der Waals surface area contributed by atoms with Gasteiger partial charge in [0.2, 0.25) is 0 Å². The number of unbranched alkanes of at least 4 members (excludes halogenated alkanes) is 6. The molecule has 0 rings (SSSR count).